The van der Waals surface area contributed by atoms with Crippen molar-refractivity contribution in [2.24, 2.45) is 0 Å². The maximum atomic E-state index is 10.2. The third-order valence-corrected chi connectivity index (χ3v) is 2.95. The predicted octanol–water partition coefficient (Wildman–Crippen LogP) is 3.00. The van der Waals surface area contributed by atoms with Gasteiger partial charge >= 0.3 is 5.97 Å². The zero-order valence-electron chi connectivity index (χ0n) is 9.71. The number of phenols is 1. The Kier molecular flexibility index (Phi) is 5.88. The number of aromatic hydroxyl groups is 1. The molecular formula is C13H15BrO4. The van der Waals surface area contributed by atoms with Crippen molar-refractivity contribution in [3.05, 3.63) is 40.4 Å². The Hall–Kier alpha value is -1.33. The molecule has 0 heterocycles. The lowest BCUT2D eigenvalue weighted by molar-refractivity contribution is -0.131. The molecule has 1 aromatic carbocycles. The van der Waals surface area contributed by atoms with Gasteiger partial charge in [-0.25, -0.2) is 4.79 Å². The van der Waals surface area contributed by atoms with Crippen molar-refractivity contribution in [1.82, 2.24) is 0 Å². The zero-order chi connectivity index (χ0) is 13.5. The molecule has 1 atom stereocenters. The number of rotatable bonds is 6. The van der Waals surface area contributed by atoms with Gasteiger partial charge in [0.05, 0.1) is 6.10 Å². The van der Waals surface area contributed by atoms with Crippen molar-refractivity contribution in [1.29, 1.82) is 0 Å². The first kappa shape index (κ1) is 14.7. The molecule has 1 rings (SSSR count). The number of aliphatic hydroxyl groups excluding tert-OH is 1. The third-order valence-electron chi connectivity index (χ3n) is 2.46. The number of unbranched alkanes of at least 4 members (excludes halogenated alkanes) is 1. The molecule has 4 nitrogen and oxygen atoms in total. The summed E-state index contributed by atoms with van der Waals surface area (Å²) in [5, 5.41) is 27.9. The number of halogens is 1. The van der Waals surface area contributed by atoms with Crippen molar-refractivity contribution in [3.63, 3.8) is 0 Å². The van der Waals surface area contributed by atoms with E-state index in [4.69, 9.17) is 5.11 Å². The fourth-order valence-electron chi connectivity index (χ4n) is 1.56. The van der Waals surface area contributed by atoms with E-state index in [9.17, 15) is 15.0 Å². The number of allylic oxidation sites excluding steroid dienone is 1. The van der Waals surface area contributed by atoms with E-state index in [1.807, 2.05) is 0 Å². The second kappa shape index (κ2) is 7.18. The highest BCUT2D eigenvalue weighted by atomic mass is 79.9. The standard InChI is InChI=1S/C13H15BrO4/c14-9-6-7-12(16)10(8-9)11(15)4-2-1-3-5-13(17)18/h3,5-8,11,15-16H,1-2,4H2,(H,17,18)/b5-3+/t11-/m0/s1. The van der Waals surface area contributed by atoms with E-state index in [2.05, 4.69) is 15.9 Å². The minimum Gasteiger partial charge on any atom is -0.508 e. The lowest BCUT2D eigenvalue weighted by atomic mass is 10.0. The molecule has 0 aliphatic heterocycles. The molecule has 0 saturated heterocycles. The molecule has 0 aromatic heterocycles. The zero-order valence-corrected chi connectivity index (χ0v) is 11.3. The number of carboxylic acid groups (broad SMARTS) is 1. The summed E-state index contributed by atoms with van der Waals surface area (Å²) in [6.07, 6.45) is 3.59. The topological polar surface area (TPSA) is 77.8 Å². The van der Waals surface area contributed by atoms with Gasteiger partial charge in [0.15, 0.2) is 0 Å². The number of hydrogen-bond acceptors (Lipinski definition) is 3. The molecule has 0 radical (unpaired) electrons. The van der Waals surface area contributed by atoms with Crippen LogP contribution in [0.1, 0.15) is 30.9 Å². The second-order valence-electron chi connectivity index (χ2n) is 3.89. The van der Waals surface area contributed by atoms with Gasteiger partial charge in [0.1, 0.15) is 5.75 Å². The van der Waals surface area contributed by atoms with Gasteiger partial charge in [-0.15, -0.1) is 0 Å². The number of benzene rings is 1. The van der Waals surface area contributed by atoms with Gasteiger partial charge in [0.25, 0.3) is 0 Å². The first-order valence-corrected chi connectivity index (χ1v) is 6.36. The van der Waals surface area contributed by atoms with Crippen LogP contribution in [0.15, 0.2) is 34.8 Å². The summed E-state index contributed by atoms with van der Waals surface area (Å²) in [6, 6.07) is 4.89. The Balaban J connectivity index is 2.47. The quantitative estimate of drug-likeness (QED) is 0.557. The van der Waals surface area contributed by atoms with E-state index in [0.717, 1.165) is 10.5 Å². The molecule has 0 saturated carbocycles. The molecule has 1 aromatic rings. The summed E-state index contributed by atoms with van der Waals surface area (Å²) >= 11 is 3.27. The molecule has 3 N–H and O–H groups in total. The third kappa shape index (κ3) is 4.89. The number of aliphatic carboxylic acids is 1. The molecule has 0 fully saturated rings. The Bertz CT molecular complexity index is 443. The van der Waals surface area contributed by atoms with Gasteiger partial charge in [-0.3, -0.25) is 0 Å². The number of aliphatic hydroxyl groups is 1. The minimum absolute atomic E-state index is 0.0618. The monoisotopic (exact) mass is 314 g/mol. The van der Waals surface area contributed by atoms with E-state index in [0.29, 0.717) is 24.8 Å². The number of carbonyl (C=O) groups is 1. The van der Waals surface area contributed by atoms with Crippen LogP contribution in [0.3, 0.4) is 0 Å². The molecule has 5 heteroatoms. The molecule has 98 valence electrons. The normalized spacial score (nSPS) is 12.8. The van der Waals surface area contributed by atoms with Crippen LogP contribution in [0.25, 0.3) is 0 Å². The van der Waals surface area contributed by atoms with Crippen LogP contribution < -0.4 is 0 Å². The van der Waals surface area contributed by atoms with Gasteiger partial charge in [-0.1, -0.05) is 22.0 Å². The van der Waals surface area contributed by atoms with Crippen LogP contribution in [0.4, 0.5) is 0 Å². The highest BCUT2D eigenvalue weighted by Gasteiger charge is 2.12. The molecule has 0 spiro atoms. The van der Waals surface area contributed by atoms with Crippen molar-refractivity contribution in [2.75, 3.05) is 0 Å². The molecule has 0 bridgehead atoms. The Morgan fingerprint density at radius 1 is 1.44 bits per heavy atom. The highest BCUT2D eigenvalue weighted by molar-refractivity contribution is 9.10. The van der Waals surface area contributed by atoms with Crippen molar-refractivity contribution < 1.29 is 20.1 Å². The van der Waals surface area contributed by atoms with Crippen LogP contribution in [0.5, 0.6) is 5.75 Å². The summed E-state index contributed by atoms with van der Waals surface area (Å²) in [6.45, 7) is 0. The average Bonchev–Trinajstić information content (AvgIpc) is 2.31. The first-order chi connectivity index (χ1) is 8.50. The Labute approximate surface area is 114 Å². The van der Waals surface area contributed by atoms with Gasteiger partial charge in [-0.2, -0.15) is 0 Å². The summed E-state index contributed by atoms with van der Waals surface area (Å²) in [7, 11) is 0. The van der Waals surface area contributed by atoms with Gasteiger partial charge < -0.3 is 15.3 Å². The molecule has 0 aliphatic rings. The molecular weight excluding hydrogens is 300 g/mol. The van der Waals surface area contributed by atoms with E-state index in [1.54, 1.807) is 18.2 Å². The lowest BCUT2D eigenvalue weighted by Gasteiger charge is -2.12. The number of phenolic OH excluding ortho intramolecular Hbond substituents is 1. The van der Waals surface area contributed by atoms with Gasteiger partial charge in [0.2, 0.25) is 0 Å². The fourth-order valence-corrected chi connectivity index (χ4v) is 1.94. The summed E-state index contributed by atoms with van der Waals surface area (Å²) < 4.78 is 0.792. The largest absolute Gasteiger partial charge is 0.508 e. The average molecular weight is 315 g/mol. The second-order valence-corrected chi connectivity index (χ2v) is 4.81. The highest BCUT2D eigenvalue weighted by Crippen LogP contribution is 2.30. The lowest BCUT2D eigenvalue weighted by Crippen LogP contribution is -1.98. The van der Waals surface area contributed by atoms with Gasteiger partial charge in [0, 0.05) is 16.1 Å². The van der Waals surface area contributed by atoms with E-state index < -0.39 is 12.1 Å². The maximum Gasteiger partial charge on any atom is 0.327 e. The van der Waals surface area contributed by atoms with E-state index in [1.165, 1.54) is 6.07 Å². The minimum atomic E-state index is -0.972. The van der Waals surface area contributed by atoms with Crippen LogP contribution >= 0.6 is 15.9 Å². The fraction of sp³-hybridized carbons (Fsp3) is 0.308. The number of carboxylic acids is 1. The van der Waals surface area contributed by atoms with Crippen LogP contribution in [0.2, 0.25) is 0 Å². The summed E-state index contributed by atoms with van der Waals surface area (Å²) in [5.74, 6) is -0.910. The van der Waals surface area contributed by atoms with Crippen molar-refractivity contribution in [3.8, 4) is 5.75 Å². The van der Waals surface area contributed by atoms with E-state index >= 15 is 0 Å². The summed E-state index contributed by atoms with van der Waals surface area (Å²) in [5.41, 5.74) is 0.478. The molecule has 18 heavy (non-hydrogen) atoms. The van der Waals surface area contributed by atoms with E-state index in [-0.39, 0.29) is 5.75 Å². The maximum absolute atomic E-state index is 10.2. The summed E-state index contributed by atoms with van der Waals surface area (Å²) in [4.78, 5) is 10.2. The van der Waals surface area contributed by atoms with Crippen LogP contribution in [0, 0.1) is 0 Å². The predicted molar refractivity (Wildman–Crippen MR) is 71.4 cm³/mol. The molecule has 0 aliphatic carbocycles. The SMILES string of the molecule is O=C(O)/C=C/CCC[C@H](O)c1cc(Br)ccc1O. The Morgan fingerprint density at radius 2 is 2.17 bits per heavy atom. The number of hydrogen-bond donors (Lipinski definition) is 3. The molecule has 0 unspecified atom stereocenters. The van der Waals surface area contributed by atoms with Crippen molar-refractivity contribution >= 4 is 21.9 Å². The van der Waals surface area contributed by atoms with Crippen LogP contribution in [-0.2, 0) is 4.79 Å². The smallest absolute Gasteiger partial charge is 0.327 e. The first-order valence-electron chi connectivity index (χ1n) is 5.56. The van der Waals surface area contributed by atoms with Gasteiger partial charge in [-0.05, 0) is 37.5 Å². The van der Waals surface area contributed by atoms with Crippen LogP contribution in [-0.4, -0.2) is 21.3 Å². The molecule has 0 amide bonds. The van der Waals surface area contributed by atoms with Crippen molar-refractivity contribution in [2.45, 2.75) is 25.4 Å². The Morgan fingerprint density at radius 3 is 2.83 bits per heavy atom.